The monoisotopic (exact) mass is 190 g/mol. The topological polar surface area (TPSA) is 45.1 Å². The summed E-state index contributed by atoms with van der Waals surface area (Å²) in [5.41, 5.74) is 0.994. The van der Waals surface area contributed by atoms with Gasteiger partial charge in [0.15, 0.2) is 0 Å². The number of anilines is 1. The first-order valence-corrected chi connectivity index (χ1v) is 4.52. The van der Waals surface area contributed by atoms with Crippen molar-refractivity contribution in [2.24, 2.45) is 0 Å². The second-order valence-corrected chi connectivity index (χ2v) is 2.64. The van der Waals surface area contributed by atoms with Gasteiger partial charge in [-0.3, -0.25) is 5.41 Å². The Morgan fingerprint density at radius 2 is 2.14 bits per heavy atom. The predicted octanol–water partition coefficient (Wildman–Crippen LogP) is 2.63. The van der Waals surface area contributed by atoms with Gasteiger partial charge in [-0.05, 0) is 19.1 Å². The van der Waals surface area contributed by atoms with Crippen LogP contribution in [0.1, 0.15) is 6.92 Å². The maximum absolute atomic E-state index is 7.31. The summed E-state index contributed by atoms with van der Waals surface area (Å²) >= 11 is 0. The zero-order chi connectivity index (χ0) is 10.2. The average Bonchev–Trinajstić information content (AvgIpc) is 2.20. The largest absolute Gasteiger partial charge is 0.478 e. The van der Waals surface area contributed by atoms with Crippen LogP contribution in [0.4, 0.5) is 5.69 Å². The Labute approximate surface area is 83.9 Å². The number of rotatable bonds is 4. The van der Waals surface area contributed by atoms with Gasteiger partial charge >= 0.3 is 0 Å². The fourth-order valence-corrected chi connectivity index (χ4v) is 0.952. The lowest BCUT2D eigenvalue weighted by atomic mass is 10.3. The third-order valence-electron chi connectivity index (χ3n) is 1.56. The number of hydrogen-bond donors (Lipinski definition) is 2. The Morgan fingerprint density at radius 1 is 1.43 bits per heavy atom. The van der Waals surface area contributed by atoms with Crippen LogP contribution < -0.4 is 5.32 Å². The van der Waals surface area contributed by atoms with E-state index in [1.165, 1.54) is 0 Å². The van der Waals surface area contributed by atoms with E-state index in [2.05, 4.69) is 5.32 Å². The first-order valence-electron chi connectivity index (χ1n) is 4.52. The van der Waals surface area contributed by atoms with Gasteiger partial charge in [0.2, 0.25) is 5.90 Å². The quantitative estimate of drug-likeness (QED) is 0.566. The van der Waals surface area contributed by atoms with E-state index in [0.29, 0.717) is 6.61 Å². The van der Waals surface area contributed by atoms with E-state index < -0.39 is 0 Å². The van der Waals surface area contributed by atoms with Crippen LogP contribution in [0.3, 0.4) is 0 Å². The molecule has 0 unspecified atom stereocenters. The van der Waals surface area contributed by atoms with Crippen molar-refractivity contribution in [3.05, 3.63) is 42.6 Å². The van der Waals surface area contributed by atoms with Crippen LogP contribution in [0, 0.1) is 5.41 Å². The molecule has 74 valence electrons. The molecule has 1 aromatic rings. The Balaban J connectivity index is 2.37. The second kappa shape index (κ2) is 5.80. The minimum absolute atomic E-state index is 0.163. The first-order chi connectivity index (χ1) is 6.83. The molecule has 0 aliphatic rings. The molecule has 0 atom stereocenters. The summed E-state index contributed by atoms with van der Waals surface area (Å²) in [5.74, 6) is 0.163. The fourth-order valence-electron chi connectivity index (χ4n) is 0.952. The molecular formula is C11H14N2O. The predicted molar refractivity (Wildman–Crippen MR) is 58.6 cm³/mol. The van der Waals surface area contributed by atoms with Gasteiger partial charge in [-0.15, -0.1) is 0 Å². The van der Waals surface area contributed by atoms with Crippen LogP contribution in [0.25, 0.3) is 0 Å². The molecule has 2 N–H and O–H groups in total. The molecule has 0 fully saturated rings. The van der Waals surface area contributed by atoms with Crippen molar-refractivity contribution in [3.8, 4) is 0 Å². The first kappa shape index (κ1) is 10.3. The summed E-state index contributed by atoms with van der Waals surface area (Å²) in [4.78, 5) is 0. The molecule has 1 rings (SSSR count). The average molecular weight is 190 g/mol. The van der Waals surface area contributed by atoms with E-state index in [1.54, 1.807) is 12.3 Å². The van der Waals surface area contributed by atoms with Crippen LogP contribution in [-0.2, 0) is 4.74 Å². The van der Waals surface area contributed by atoms with E-state index in [1.807, 2.05) is 37.3 Å². The van der Waals surface area contributed by atoms with Crippen LogP contribution in [0.5, 0.6) is 0 Å². The molecule has 0 saturated heterocycles. The van der Waals surface area contributed by atoms with Crippen LogP contribution in [0.15, 0.2) is 42.6 Å². The lowest BCUT2D eigenvalue weighted by Gasteiger charge is -2.00. The third-order valence-corrected chi connectivity index (χ3v) is 1.56. The van der Waals surface area contributed by atoms with Crippen molar-refractivity contribution < 1.29 is 4.74 Å². The molecule has 0 spiro atoms. The standard InChI is InChI=1S/C11H14N2O/c1-2-14-11(12)8-9-13-10-6-4-3-5-7-10/h3-9,12-13H,2H2,1H3/b9-8-,12-11?. The van der Waals surface area contributed by atoms with E-state index in [-0.39, 0.29) is 5.90 Å². The van der Waals surface area contributed by atoms with Gasteiger partial charge in [-0.1, -0.05) is 18.2 Å². The molecule has 0 aliphatic carbocycles. The zero-order valence-corrected chi connectivity index (χ0v) is 8.16. The molecule has 0 heterocycles. The lowest BCUT2D eigenvalue weighted by molar-refractivity contribution is 0.327. The van der Waals surface area contributed by atoms with E-state index in [9.17, 15) is 0 Å². The summed E-state index contributed by atoms with van der Waals surface area (Å²) in [5, 5.41) is 10.3. The fraction of sp³-hybridized carbons (Fsp3) is 0.182. The number of ether oxygens (including phenoxy) is 1. The van der Waals surface area contributed by atoms with Gasteiger partial charge in [0, 0.05) is 18.0 Å². The third kappa shape index (κ3) is 3.76. The van der Waals surface area contributed by atoms with Crippen LogP contribution >= 0.6 is 0 Å². The zero-order valence-electron chi connectivity index (χ0n) is 8.16. The van der Waals surface area contributed by atoms with E-state index in [4.69, 9.17) is 10.1 Å². The summed E-state index contributed by atoms with van der Waals surface area (Å²) in [6.45, 7) is 2.38. The second-order valence-electron chi connectivity index (χ2n) is 2.64. The van der Waals surface area contributed by atoms with Crippen molar-refractivity contribution in [2.75, 3.05) is 11.9 Å². The van der Waals surface area contributed by atoms with E-state index in [0.717, 1.165) is 5.69 Å². The minimum Gasteiger partial charge on any atom is -0.478 e. The van der Waals surface area contributed by atoms with E-state index >= 15 is 0 Å². The molecule has 3 heteroatoms. The van der Waals surface area contributed by atoms with Gasteiger partial charge in [0.25, 0.3) is 0 Å². The summed E-state index contributed by atoms with van der Waals surface area (Å²) in [7, 11) is 0. The molecule has 1 aromatic carbocycles. The Hall–Kier alpha value is -1.77. The van der Waals surface area contributed by atoms with Crippen molar-refractivity contribution in [3.63, 3.8) is 0 Å². The highest BCUT2D eigenvalue weighted by Crippen LogP contribution is 2.04. The number of hydrogen-bond acceptors (Lipinski definition) is 3. The maximum Gasteiger partial charge on any atom is 0.207 e. The smallest absolute Gasteiger partial charge is 0.207 e. The lowest BCUT2D eigenvalue weighted by Crippen LogP contribution is -1.99. The highest BCUT2D eigenvalue weighted by atomic mass is 16.5. The van der Waals surface area contributed by atoms with Crippen LogP contribution in [-0.4, -0.2) is 12.5 Å². The number of nitrogens with one attached hydrogen (secondary N) is 2. The molecule has 0 radical (unpaired) electrons. The van der Waals surface area contributed by atoms with Crippen molar-refractivity contribution in [1.29, 1.82) is 5.41 Å². The van der Waals surface area contributed by atoms with Crippen LogP contribution in [0.2, 0.25) is 0 Å². The van der Waals surface area contributed by atoms with Gasteiger partial charge < -0.3 is 10.1 Å². The molecule has 0 amide bonds. The molecule has 0 aliphatic heterocycles. The Kier molecular flexibility index (Phi) is 4.27. The highest BCUT2D eigenvalue weighted by Gasteiger charge is 1.87. The van der Waals surface area contributed by atoms with Gasteiger partial charge in [0.05, 0.1) is 6.61 Å². The SMILES string of the molecule is CCOC(=N)/C=C\Nc1ccccc1. The summed E-state index contributed by atoms with van der Waals surface area (Å²) < 4.78 is 4.94. The Morgan fingerprint density at radius 3 is 2.79 bits per heavy atom. The van der Waals surface area contributed by atoms with Crippen molar-refractivity contribution in [2.45, 2.75) is 6.92 Å². The number of benzene rings is 1. The molecule has 3 nitrogen and oxygen atoms in total. The molecule has 14 heavy (non-hydrogen) atoms. The molecule has 0 bridgehead atoms. The maximum atomic E-state index is 7.31. The molecular weight excluding hydrogens is 176 g/mol. The Bertz CT molecular complexity index is 306. The summed E-state index contributed by atoms with van der Waals surface area (Å²) in [6.07, 6.45) is 3.27. The number of para-hydroxylation sites is 1. The normalized spacial score (nSPS) is 10.1. The minimum atomic E-state index is 0.163. The molecule has 0 saturated carbocycles. The van der Waals surface area contributed by atoms with Gasteiger partial charge in [-0.25, -0.2) is 0 Å². The van der Waals surface area contributed by atoms with Crippen molar-refractivity contribution >= 4 is 11.6 Å². The summed E-state index contributed by atoms with van der Waals surface area (Å²) in [6, 6.07) is 9.76. The van der Waals surface area contributed by atoms with Gasteiger partial charge in [0.1, 0.15) is 0 Å². The van der Waals surface area contributed by atoms with Crippen molar-refractivity contribution in [1.82, 2.24) is 0 Å². The highest BCUT2D eigenvalue weighted by molar-refractivity contribution is 5.84. The molecule has 0 aromatic heterocycles. The van der Waals surface area contributed by atoms with Gasteiger partial charge in [-0.2, -0.15) is 0 Å².